The van der Waals surface area contributed by atoms with E-state index >= 15 is 0 Å². The summed E-state index contributed by atoms with van der Waals surface area (Å²) in [4.78, 5) is 0. The third kappa shape index (κ3) is 3.00. The quantitative estimate of drug-likeness (QED) is 0.764. The molecule has 5 nitrogen and oxygen atoms in total. The van der Waals surface area contributed by atoms with Crippen LogP contribution in [0.15, 0.2) is 30.5 Å². The van der Waals surface area contributed by atoms with E-state index in [2.05, 4.69) is 58.3 Å². The normalized spacial score (nSPS) is 16.8. The van der Waals surface area contributed by atoms with Crippen LogP contribution in [-0.4, -0.2) is 20.0 Å². The van der Waals surface area contributed by atoms with Crippen molar-refractivity contribution in [2.45, 2.75) is 52.6 Å². The molecule has 0 radical (unpaired) electrons. The summed E-state index contributed by atoms with van der Waals surface area (Å²) in [6.45, 7) is 7.15. The van der Waals surface area contributed by atoms with Crippen molar-refractivity contribution in [3.63, 3.8) is 0 Å². The van der Waals surface area contributed by atoms with Crippen LogP contribution in [0.5, 0.6) is 0 Å². The Balaban J connectivity index is 1.61. The minimum absolute atomic E-state index is 0.347. The van der Waals surface area contributed by atoms with E-state index in [0.717, 1.165) is 30.8 Å². The number of nitrogens with zero attached hydrogens (tertiary/aromatic N) is 3. The molecule has 3 aromatic rings. The van der Waals surface area contributed by atoms with Crippen molar-refractivity contribution in [3.8, 4) is 5.69 Å². The Bertz CT molecular complexity index is 889. The number of fused-ring (bicyclic) bond motifs is 1. The van der Waals surface area contributed by atoms with Gasteiger partial charge in [-0.05, 0) is 63.3 Å². The maximum absolute atomic E-state index is 4.73. The van der Waals surface area contributed by atoms with E-state index in [1.54, 1.807) is 0 Å². The number of aromatic amines is 1. The molecule has 5 heteroatoms. The molecule has 0 spiro atoms. The Morgan fingerprint density at radius 2 is 2.16 bits per heavy atom. The number of benzene rings is 1. The Morgan fingerprint density at radius 1 is 1.28 bits per heavy atom. The predicted octanol–water partition coefficient (Wildman–Crippen LogP) is 3.69. The van der Waals surface area contributed by atoms with E-state index in [9.17, 15) is 0 Å². The van der Waals surface area contributed by atoms with Crippen LogP contribution < -0.4 is 5.32 Å². The van der Waals surface area contributed by atoms with Crippen LogP contribution in [0.25, 0.3) is 5.69 Å². The molecule has 2 aromatic heterocycles. The van der Waals surface area contributed by atoms with Gasteiger partial charge in [0.1, 0.15) is 0 Å². The smallest absolute Gasteiger partial charge is 0.0762 e. The second-order valence-corrected chi connectivity index (χ2v) is 7.05. The lowest BCUT2D eigenvalue weighted by molar-refractivity contribution is 0.452. The van der Waals surface area contributed by atoms with Gasteiger partial charge in [0, 0.05) is 29.5 Å². The van der Waals surface area contributed by atoms with Gasteiger partial charge in [-0.15, -0.1) is 0 Å². The maximum Gasteiger partial charge on any atom is 0.0762 e. The van der Waals surface area contributed by atoms with Gasteiger partial charge in [-0.2, -0.15) is 10.2 Å². The molecule has 130 valence electrons. The van der Waals surface area contributed by atoms with Gasteiger partial charge in [-0.25, -0.2) is 4.68 Å². The van der Waals surface area contributed by atoms with Crippen LogP contribution in [0.4, 0.5) is 0 Å². The molecular formula is C20H25N5. The molecule has 0 aliphatic heterocycles. The largest absolute Gasteiger partial charge is 0.304 e. The van der Waals surface area contributed by atoms with Crippen LogP contribution in [0.2, 0.25) is 0 Å². The average molecular weight is 335 g/mol. The molecule has 4 rings (SSSR count). The van der Waals surface area contributed by atoms with Gasteiger partial charge < -0.3 is 5.32 Å². The molecule has 0 saturated heterocycles. The molecule has 0 fully saturated rings. The minimum Gasteiger partial charge on any atom is -0.304 e. The zero-order chi connectivity index (χ0) is 17.4. The number of H-pyrrole nitrogens is 1. The molecule has 0 bridgehead atoms. The lowest BCUT2D eigenvalue weighted by atomic mass is 9.92. The van der Waals surface area contributed by atoms with E-state index < -0.39 is 0 Å². The summed E-state index contributed by atoms with van der Waals surface area (Å²) >= 11 is 0. The third-order valence-corrected chi connectivity index (χ3v) is 5.28. The van der Waals surface area contributed by atoms with Crippen molar-refractivity contribution >= 4 is 0 Å². The number of aryl methyl sites for hydroxylation is 2. The first-order chi connectivity index (χ1) is 12.1. The fourth-order valence-corrected chi connectivity index (χ4v) is 3.73. The maximum atomic E-state index is 4.73. The molecule has 2 heterocycles. The number of nitrogens with one attached hydrogen (secondary N) is 2. The van der Waals surface area contributed by atoms with Crippen LogP contribution in [0.3, 0.4) is 0 Å². The molecule has 1 unspecified atom stereocenters. The summed E-state index contributed by atoms with van der Waals surface area (Å²) < 4.78 is 2.14. The summed E-state index contributed by atoms with van der Waals surface area (Å²) in [6.07, 6.45) is 5.46. The number of hydrogen-bond donors (Lipinski definition) is 2. The van der Waals surface area contributed by atoms with Crippen LogP contribution in [-0.2, 0) is 13.0 Å². The first kappa shape index (κ1) is 16.1. The summed E-state index contributed by atoms with van der Waals surface area (Å²) in [7, 11) is 0. The molecule has 25 heavy (non-hydrogen) atoms. The topological polar surface area (TPSA) is 58.5 Å². The van der Waals surface area contributed by atoms with Crippen LogP contribution >= 0.6 is 0 Å². The van der Waals surface area contributed by atoms with Gasteiger partial charge in [-0.1, -0.05) is 12.1 Å². The Kier molecular flexibility index (Phi) is 4.17. The van der Waals surface area contributed by atoms with E-state index in [0.29, 0.717) is 6.04 Å². The predicted molar refractivity (Wildman–Crippen MR) is 98.9 cm³/mol. The highest BCUT2D eigenvalue weighted by atomic mass is 15.3. The van der Waals surface area contributed by atoms with Crippen molar-refractivity contribution in [1.29, 1.82) is 0 Å². The number of hydrogen-bond acceptors (Lipinski definition) is 3. The molecule has 0 amide bonds. The van der Waals surface area contributed by atoms with E-state index in [1.165, 1.54) is 34.5 Å². The Hall–Kier alpha value is -2.40. The zero-order valence-electron chi connectivity index (χ0n) is 15.1. The fraction of sp³-hybridized carbons (Fsp3) is 0.400. The number of rotatable bonds is 4. The summed E-state index contributed by atoms with van der Waals surface area (Å²) in [6, 6.07) is 8.88. The summed E-state index contributed by atoms with van der Waals surface area (Å²) in [5.74, 6) is 0. The summed E-state index contributed by atoms with van der Waals surface area (Å²) in [5, 5.41) is 15.7. The van der Waals surface area contributed by atoms with Gasteiger partial charge in [0.2, 0.25) is 0 Å². The van der Waals surface area contributed by atoms with Crippen LogP contribution in [0, 0.1) is 20.8 Å². The Labute approximate surface area is 148 Å². The van der Waals surface area contributed by atoms with Gasteiger partial charge in [0.25, 0.3) is 0 Å². The molecular weight excluding hydrogens is 310 g/mol. The standard InChI is InChI=1S/C20H25N5/c1-13-6-4-8-19(15(13)3)25-20-9-5-7-18(17(20)12-22-25)21-11-16-10-14(2)23-24-16/h4,6,8,10,12,18,21H,5,7,9,11H2,1-3H3,(H,23,24). The second-order valence-electron chi connectivity index (χ2n) is 7.05. The fourth-order valence-electron chi connectivity index (χ4n) is 3.73. The highest BCUT2D eigenvalue weighted by molar-refractivity contribution is 5.46. The van der Waals surface area contributed by atoms with Gasteiger partial charge in [0.15, 0.2) is 0 Å². The number of aromatic nitrogens is 4. The monoisotopic (exact) mass is 335 g/mol. The zero-order valence-corrected chi connectivity index (χ0v) is 15.1. The van der Waals surface area contributed by atoms with Crippen molar-refractivity contribution < 1.29 is 0 Å². The molecule has 1 atom stereocenters. The third-order valence-electron chi connectivity index (χ3n) is 5.28. The van der Waals surface area contributed by atoms with Crippen molar-refractivity contribution in [2.75, 3.05) is 0 Å². The van der Waals surface area contributed by atoms with Gasteiger partial charge in [-0.3, -0.25) is 5.10 Å². The first-order valence-corrected chi connectivity index (χ1v) is 9.01. The van der Waals surface area contributed by atoms with E-state index in [1.807, 2.05) is 13.1 Å². The van der Waals surface area contributed by atoms with Crippen molar-refractivity contribution in [2.24, 2.45) is 0 Å². The lowest BCUT2D eigenvalue weighted by Gasteiger charge is -2.24. The lowest BCUT2D eigenvalue weighted by Crippen LogP contribution is -2.25. The molecule has 0 saturated carbocycles. The molecule has 2 N–H and O–H groups in total. The van der Waals surface area contributed by atoms with E-state index in [4.69, 9.17) is 5.10 Å². The summed E-state index contributed by atoms with van der Waals surface area (Å²) in [5.41, 5.74) is 8.65. The van der Waals surface area contributed by atoms with Crippen LogP contribution in [0.1, 0.15) is 52.7 Å². The first-order valence-electron chi connectivity index (χ1n) is 9.01. The SMILES string of the molecule is Cc1cc(CNC2CCCc3c2cnn3-c2cccc(C)c2C)n[nH]1. The highest BCUT2D eigenvalue weighted by Crippen LogP contribution is 2.32. The Morgan fingerprint density at radius 3 is 2.96 bits per heavy atom. The minimum atomic E-state index is 0.347. The van der Waals surface area contributed by atoms with Gasteiger partial charge in [0.05, 0.1) is 17.6 Å². The molecule has 1 aliphatic rings. The molecule has 1 aromatic carbocycles. The van der Waals surface area contributed by atoms with Gasteiger partial charge >= 0.3 is 0 Å². The van der Waals surface area contributed by atoms with Crippen molar-refractivity contribution in [3.05, 3.63) is 64.2 Å². The average Bonchev–Trinajstić information content (AvgIpc) is 3.22. The van der Waals surface area contributed by atoms with Crippen molar-refractivity contribution in [1.82, 2.24) is 25.3 Å². The highest BCUT2D eigenvalue weighted by Gasteiger charge is 2.25. The van der Waals surface area contributed by atoms with E-state index in [-0.39, 0.29) is 0 Å². The second kappa shape index (κ2) is 6.48. The molecule has 1 aliphatic carbocycles.